The first kappa shape index (κ1) is 19.4. The van der Waals surface area contributed by atoms with Crippen molar-refractivity contribution in [3.05, 3.63) is 48.0 Å². The molecule has 0 spiro atoms. The normalized spacial score (nSPS) is 18.2. The van der Waals surface area contributed by atoms with Crippen molar-refractivity contribution in [2.24, 2.45) is 0 Å². The number of hydrogen-bond donors (Lipinski definition) is 2. The maximum Gasteiger partial charge on any atom is 0.327 e. The number of H-pyrrole nitrogens is 1. The number of hydrogen-bond acceptors (Lipinski definition) is 5. The van der Waals surface area contributed by atoms with E-state index in [1.165, 1.54) is 0 Å². The lowest BCUT2D eigenvalue weighted by Gasteiger charge is -2.35. The third kappa shape index (κ3) is 3.97. The van der Waals surface area contributed by atoms with Crippen LogP contribution in [0.5, 0.6) is 0 Å². The molecule has 29 heavy (non-hydrogen) atoms. The molecule has 1 aliphatic heterocycles. The number of fused-ring (bicyclic) bond motifs is 1. The molecule has 1 unspecified atom stereocenters. The Bertz CT molecular complexity index is 1090. The fourth-order valence-electron chi connectivity index (χ4n) is 3.61. The Morgan fingerprint density at radius 2 is 2.17 bits per heavy atom. The van der Waals surface area contributed by atoms with Crippen molar-refractivity contribution in [3.8, 4) is 11.5 Å². The molecule has 0 aliphatic carbocycles. The van der Waals surface area contributed by atoms with Crippen LogP contribution in [0.3, 0.4) is 0 Å². The van der Waals surface area contributed by atoms with Crippen LogP contribution in [0.25, 0.3) is 27.9 Å². The van der Waals surface area contributed by atoms with Crippen LogP contribution in [0.15, 0.2) is 41.2 Å². The van der Waals surface area contributed by atoms with E-state index in [9.17, 15) is 9.90 Å². The number of aliphatic carboxylic acids is 1. The van der Waals surface area contributed by atoms with Gasteiger partial charge < -0.3 is 14.5 Å². The topological polar surface area (TPSA) is 91.6 Å². The van der Waals surface area contributed by atoms with Crippen LogP contribution in [-0.2, 0) is 9.63 Å². The van der Waals surface area contributed by atoms with Gasteiger partial charge in [-0.3, -0.25) is 9.63 Å². The highest BCUT2D eigenvalue weighted by molar-refractivity contribution is 5.96. The van der Waals surface area contributed by atoms with Crippen molar-refractivity contribution in [2.75, 3.05) is 6.54 Å². The highest BCUT2D eigenvalue weighted by atomic mass is 16.7. The van der Waals surface area contributed by atoms with Gasteiger partial charge in [0.25, 0.3) is 0 Å². The van der Waals surface area contributed by atoms with Crippen LogP contribution in [0, 0.1) is 6.92 Å². The minimum absolute atomic E-state index is 0.455. The lowest BCUT2D eigenvalue weighted by molar-refractivity contribution is -0.244. The molecule has 7 heteroatoms. The van der Waals surface area contributed by atoms with Crippen LogP contribution in [0.4, 0.5) is 0 Å². The minimum atomic E-state index is -0.928. The molecule has 1 atom stereocenters. The summed E-state index contributed by atoms with van der Waals surface area (Å²) in [5, 5.41) is 12.3. The Hall–Kier alpha value is -2.90. The lowest BCUT2D eigenvalue weighted by Crippen LogP contribution is -2.46. The summed E-state index contributed by atoms with van der Waals surface area (Å²) in [6, 6.07) is 5.14. The third-order valence-corrected chi connectivity index (χ3v) is 4.81. The molecular formula is C22H25N3O4. The Kier molecular flexibility index (Phi) is 4.80. The second-order valence-corrected chi connectivity index (χ2v) is 8.33. The predicted molar refractivity (Wildman–Crippen MR) is 110 cm³/mol. The van der Waals surface area contributed by atoms with Gasteiger partial charge in [0.05, 0.1) is 11.3 Å². The average molecular weight is 395 g/mol. The Morgan fingerprint density at radius 1 is 1.38 bits per heavy atom. The summed E-state index contributed by atoms with van der Waals surface area (Å²) in [4.78, 5) is 25.4. The summed E-state index contributed by atoms with van der Waals surface area (Å²) in [5.41, 5.74) is 4.21. The molecule has 1 aliphatic rings. The zero-order chi connectivity index (χ0) is 20.8. The van der Waals surface area contributed by atoms with E-state index in [1.54, 1.807) is 17.4 Å². The van der Waals surface area contributed by atoms with Crippen molar-refractivity contribution in [1.82, 2.24) is 15.0 Å². The zero-order valence-corrected chi connectivity index (χ0v) is 17.0. The number of carbonyl (C=O) groups is 1. The number of benzene rings is 1. The molecule has 0 radical (unpaired) electrons. The monoisotopic (exact) mass is 395 g/mol. The molecule has 7 nitrogen and oxygen atoms in total. The number of carboxylic acids is 1. The minimum Gasteiger partial charge on any atom is -0.480 e. The van der Waals surface area contributed by atoms with E-state index >= 15 is 0 Å². The summed E-state index contributed by atoms with van der Waals surface area (Å²) < 4.78 is 5.53. The Labute approximate surface area is 168 Å². The second-order valence-electron chi connectivity index (χ2n) is 8.33. The zero-order valence-electron chi connectivity index (χ0n) is 17.0. The molecule has 1 aromatic carbocycles. The van der Waals surface area contributed by atoms with Crippen molar-refractivity contribution in [1.29, 1.82) is 0 Å². The van der Waals surface area contributed by atoms with E-state index in [1.807, 2.05) is 52.1 Å². The van der Waals surface area contributed by atoms with Gasteiger partial charge in [-0.1, -0.05) is 6.08 Å². The number of rotatable bonds is 4. The number of hydroxylamine groups is 2. The summed E-state index contributed by atoms with van der Waals surface area (Å²) >= 11 is 0. The highest BCUT2D eigenvalue weighted by Gasteiger charge is 2.32. The van der Waals surface area contributed by atoms with Crippen LogP contribution in [0.1, 0.15) is 38.4 Å². The first-order valence-electron chi connectivity index (χ1n) is 9.64. The molecule has 152 valence electrons. The smallest absolute Gasteiger partial charge is 0.327 e. The maximum atomic E-state index is 11.9. The first-order valence-corrected chi connectivity index (χ1v) is 9.64. The van der Waals surface area contributed by atoms with E-state index in [-0.39, 0.29) is 0 Å². The van der Waals surface area contributed by atoms with Crippen molar-refractivity contribution >= 4 is 22.4 Å². The molecule has 4 rings (SSSR count). The Balaban J connectivity index is 1.72. The predicted octanol–water partition coefficient (Wildman–Crippen LogP) is 4.40. The SMILES string of the molecule is Cc1coc(-c2ccc3[nH]cc(C4=CC(C(=O)O)N(OC(C)(C)C)CC4)c3c2)n1. The van der Waals surface area contributed by atoms with Crippen molar-refractivity contribution in [3.63, 3.8) is 0 Å². The van der Waals surface area contributed by atoms with E-state index in [0.29, 0.717) is 18.9 Å². The fraction of sp³-hybridized carbons (Fsp3) is 0.364. The van der Waals surface area contributed by atoms with Crippen molar-refractivity contribution < 1.29 is 19.2 Å². The van der Waals surface area contributed by atoms with E-state index in [2.05, 4.69) is 9.97 Å². The molecule has 2 aromatic heterocycles. The molecule has 0 fully saturated rings. The number of aromatic amines is 1. The van der Waals surface area contributed by atoms with E-state index in [4.69, 9.17) is 9.25 Å². The number of carboxylic acid groups (broad SMARTS) is 1. The number of nitrogens with zero attached hydrogens (tertiary/aromatic N) is 2. The van der Waals surface area contributed by atoms with Crippen LogP contribution < -0.4 is 0 Å². The third-order valence-electron chi connectivity index (χ3n) is 4.81. The van der Waals surface area contributed by atoms with Crippen LogP contribution in [-0.4, -0.2) is 44.3 Å². The molecule has 3 heterocycles. The molecule has 0 amide bonds. The summed E-state index contributed by atoms with van der Waals surface area (Å²) in [5.74, 6) is -0.357. The number of aromatic nitrogens is 2. The molecular weight excluding hydrogens is 370 g/mol. The molecule has 2 N–H and O–H groups in total. The molecule has 0 saturated carbocycles. The average Bonchev–Trinajstić information content (AvgIpc) is 3.26. The fourth-order valence-corrected chi connectivity index (χ4v) is 3.61. The maximum absolute atomic E-state index is 11.9. The number of nitrogens with one attached hydrogen (secondary N) is 1. The quantitative estimate of drug-likeness (QED) is 0.680. The van der Waals surface area contributed by atoms with Gasteiger partial charge in [0, 0.05) is 34.8 Å². The van der Waals surface area contributed by atoms with E-state index < -0.39 is 17.6 Å². The first-order chi connectivity index (χ1) is 13.7. The Morgan fingerprint density at radius 3 is 2.83 bits per heavy atom. The highest BCUT2D eigenvalue weighted by Crippen LogP contribution is 2.34. The van der Waals surface area contributed by atoms with Gasteiger partial charge in [0.15, 0.2) is 6.04 Å². The van der Waals surface area contributed by atoms with Gasteiger partial charge in [0.1, 0.15) is 6.26 Å². The van der Waals surface area contributed by atoms with Gasteiger partial charge in [-0.05, 0) is 57.9 Å². The molecule has 3 aromatic rings. The van der Waals surface area contributed by atoms with Crippen LogP contribution >= 0.6 is 0 Å². The number of aryl methyl sites for hydroxylation is 1. The molecule has 0 bridgehead atoms. The van der Waals surface area contributed by atoms with Gasteiger partial charge in [-0.2, -0.15) is 5.06 Å². The second kappa shape index (κ2) is 7.17. The molecule has 0 saturated heterocycles. The van der Waals surface area contributed by atoms with Gasteiger partial charge in [-0.25, -0.2) is 4.98 Å². The van der Waals surface area contributed by atoms with Crippen molar-refractivity contribution in [2.45, 2.75) is 45.8 Å². The summed E-state index contributed by atoms with van der Waals surface area (Å²) in [6.07, 6.45) is 6.03. The van der Waals surface area contributed by atoms with Gasteiger partial charge in [-0.15, -0.1) is 0 Å². The van der Waals surface area contributed by atoms with E-state index in [0.717, 1.165) is 33.3 Å². The van der Waals surface area contributed by atoms with Crippen LogP contribution in [0.2, 0.25) is 0 Å². The summed E-state index contributed by atoms with van der Waals surface area (Å²) in [6.45, 7) is 8.13. The van der Waals surface area contributed by atoms with Gasteiger partial charge in [0.2, 0.25) is 5.89 Å². The summed E-state index contributed by atoms with van der Waals surface area (Å²) in [7, 11) is 0. The van der Waals surface area contributed by atoms with Gasteiger partial charge >= 0.3 is 5.97 Å². The lowest BCUT2D eigenvalue weighted by atomic mass is 9.95. The number of oxazole rings is 1. The standard InChI is InChI=1S/C22H25N3O4/c1-13-12-28-20(24-13)15-5-6-18-16(9-15)17(11-23-18)14-7-8-25(29-22(2,3)4)19(10-14)21(26)27/h5-6,9-12,19,23H,7-8H2,1-4H3,(H,26,27). The largest absolute Gasteiger partial charge is 0.480 e.